The first-order chi connectivity index (χ1) is 9.75. The Morgan fingerprint density at radius 1 is 1.15 bits per heavy atom. The van der Waals surface area contributed by atoms with Gasteiger partial charge in [-0.1, -0.05) is 12.8 Å². The van der Waals surface area contributed by atoms with Gasteiger partial charge in [0, 0.05) is 13.1 Å². The number of carbonyl (C=O) groups is 1. The Morgan fingerprint density at radius 2 is 1.80 bits per heavy atom. The van der Waals surface area contributed by atoms with Crippen LogP contribution in [0.25, 0.3) is 0 Å². The first-order valence-corrected chi connectivity index (χ1v) is 7.17. The highest BCUT2D eigenvalue weighted by atomic mass is 19.1. The predicted molar refractivity (Wildman–Crippen MR) is 75.3 cm³/mol. The van der Waals surface area contributed by atoms with Crippen LogP contribution in [-0.2, 0) is 0 Å². The van der Waals surface area contributed by atoms with E-state index >= 15 is 0 Å². The summed E-state index contributed by atoms with van der Waals surface area (Å²) in [6.45, 7) is 2.51. The molecule has 1 aromatic carbocycles. The number of nitrogens with one attached hydrogen (secondary N) is 1. The second kappa shape index (κ2) is 7.72. The number of ether oxygens (including phenoxy) is 1. The monoisotopic (exact) mass is 280 g/mol. The summed E-state index contributed by atoms with van der Waals surface area (Å²) in [6, 6.07) is 5.84. The maximum Gasteiger partial charge on any atom is 0.317 e. The number of halogens is 1. The van der Waals surface area contributed by atoms with Crippen LogP contribution in [0.4, 0.5) is 9.18 Å². The first-order valence-electron chi connectivity index (χ1n) is 7.17. The molecular weight excluding hydrogens is 259 g/mol. The third-order valence-electron chi connectivity index (χ3n) is 3.35. The molecule has 1 fully saturated rings. The molecule has 2 rings (SSSR count). The lowest BCUT2D eigenvalue weighted by Gasteiger charge is -2.20. The Bertz CT molecular complexity index is 414. The number of amides is 2. The zero-order valence-corrected chi connectivity index (χ0v) is 11.6. The van der Waals surface area contributed by atoms with Crippen molar-refractivity contribution in [3.63, 3.8) is 0 Å². The molecule has 1 aromatic rings. The van der Waals surface area contributed by atoms with E-state index in [2.05, 4.69) is 5.32 Å². The van der Waals surface area contributed by atoms with E-state index in [1.165, 1.54) is 25.0 Å². The van der Waals surface area contributed by atoms with E-state index in [1.807, 2.05) is 4.90 Å². The molecule has 5 heteroatoms. The molecule has 0 aliphatic carbocycles. The van der Waals surface area contributed by atoms with Gasteiger partial charge in [-0.15, -0.1) is 0 Å². The minimum atomic E-state index is -0.285. The van der Waals surface area contributed by atoms with Crippen LogP contribution in [0.2, 0.25) is 0 Å². The number of rotatable bonds is 4. The summed E-state index contributed by atoms with van der Waals surface area (Å²) in [7, 11) is 0. The third kappa shape index (κ3) is 4.72. The molecule has 0 spiro atoms. The second-order valence-electron chi connectivity index (χ2n) is 4.94. The van der Waals surface area contributed by atoms with Gasteiger partial charge in [0.2, 0.25) is 0 Å². The van der Waals surface area contributed by atoms with Crippen LogP contribution in [0.1, 0.15) is 25.7 Å². The molecule has 0 bridgehead atoms. The number of benzene rings is 1. The molecular formula is C15H21FN2O2. The zero-order valence-electron chi connectivity index (χ0n) is 11.6. The van der Waals surface area contributed by atoms with Gasteiger partial charge in [-0.2, -0.15) is 0 Å². The van der Waals surface area contributed by atoms with Crippen molar-refractivity contribution in [1.82, 2.24) is 10.2 Å². The molecule has 0 aromatic heterocycles. The molecule has 1 heterocycles. The van der Waals surface area contributed by atoms with Crippen molar-refractivity contribution < 1.29 is 13.9 Å². The van der Waals surface area contributed by atoms with Gasteiger partial charge in [-0.3, -0.25) is 0 Å². The summed E-state index contributed by atoms with van der Waals surface area (Å²) in [5.74, 6) is 0.322. The van der Waals surface area contributed by atoms with Gasteiger partial charge in [0.1, 0.15) is 18.2 Å². The molecule has 1 aliphatic rings. The van der Waals surface area contributed by atoms with Gasteiger partial charge in [-0.25, -0.2) is 9.18 Å². The molecule has 20 heavy (non-hydrogen) atoms. The topological polar surface area (TPSA) is 41.6 Å². The fraction of sp³-hybridized carbons (Fsp3) is 0.533. The maximum absolute atomic E-state index is 12.7. The Balaban J connectivity index is 1.64. The van der Waals surface area contributed by atoms with Gasteiger partial charge < -0.3 is 15.0 Å². The van der Waals surface area contributed by atoms with Gasteiger partial charge in [0.05, 0.1) is 6.54 Å². The van der Waals surface area contributed by atoms with Gasteiger partial charge in [-0.05, 0) is 37.1 Å². The quantitative estimate of drug-likeness (QED) is 0.862. The first kappa shape index (κ1) is 14.6. The van der Waals surface area contributed by atoms with E-state index < -0.39 is 0 Å². The standard InChI is InChI=1S/C15H21FN2O2/c16-13-5-7-14(8-6-13)20-12-9-17-15(19)18-10-3-1-2-4-11-18/h5-8H,1-4,9-12H2,(H,17,19). The smallest absolute Gasteiger partial charge is 0.317 e. The highest BCUT2D eigenvalue weighted by Crippen LogP contribution is 2.11. The van der Waals surface area contributed by atoms with Crippen molar-refractivity contribution in [2.75, 3.05) is 26.2 Å². The molecule has 0 radical (unpaired) electrons. The lowest BCUT2D eigenvalue weighted by Crippen LogP contribution is -2.41. The molecule has 0 atom stereocenters. The maximum atomic E-state index is 12.7. The third-order valence-corrected chi connectivity index (χ3v) is 3.35. The average Bonchev–Trinajstić information content (AvgIpc) is 2.74. The number of urea groups is 1. The molecule has 2 amide bonds. The number of hydrogen-bond acceptors (Lipinski definition) is 2. The Kier molecular flexibility index (Phi) is 5.65. The fourth-order valence-electron chi connectivity index (χ4n) is 2.24. The molecule has 1 N–H and O–H groups in total. The fourth-order valence-corrected chi connectivity index (χ4v) is 2.24. The zero-order chi connectivity index (χ0) is 14.2. The van der Waals surface area contributed by atoms with E-state index in [-0.39, 0.29) is 11.8 Å². The second-order valence-corrected chi connectivity index (χ2v) is 4.94. The van der Waals surface area contributed by atoms with Gasteiger partial charge in [0.25, 0.3) is 0 Å². The van der Waals surface area contributed by atoms with Crippen molar-refractivity contribution in [3.05, 3.63) is 30.1 Å². The molecule has 0 unspecified atom stereocenters. The Labute approximate surface area is 118 Å². The number of carbonyl (C=O) groups excluding carboxylic acids is 1. The van der Waals surface area contributed by atoms with E-state index in [0.717, 1.165) is 25.9 Å². The average molecular weight is 280 g/mol. The van der Waals surface area contributed by atoms with Crippen LogP contribution < -0.4 is 10.1 Å². The number of hydrogen-bond donors (Lipinski definition) is 1. The van der Waals surface area contributed by atoms with Crippen molar-refractivity contribution >= 4 is 6.03 Å². The highest BCUT2D eigenvalue weighted by molar-refractivity contribution is 5.74. The number of likely N-dealkylation sites (tertiary alicyclic amines) is 1. The predicted octanol–water partition coefficient (Wildman–Crippen LogP) is 2.79. The minimum absolute atomic E-state index is 0.0189. The van der Waals surface area contributed by atoms with E-state index in [0.29, 0.717) is 18.9 Å². The van der Waals surface area contributed by atoms with Crippen molar-refractivity contribution in [2.45, 2.75) is 25.7 Å². The lowest BCUT2D eigenvalue weighted by molar-refractivity contribution is 0.196. The van der Waals surface area contributed by atoms with Crippen LogP contribution in [-0.4, -0.2) is 37.2 Å². The van der Waals surface area contributed by atoms with Crippen molar-refractivity contribution in [2.24, 2.45) is 0 Å². The Morgan fingerprint density at radius 3 is 2.45 bits per heavy atom. The van der Waals surface area contributed by atoms with Crippen LogP contribution in [0.15, 0.2) is 24.3 Å². The SMILES string of the molecule is O=C(NCCOc1ccc(F)cc1)N1CCCCCC1. The van der Waals surface area contributed by atoms with Crippen molar-refractivity contribution in [3.8, 4) is 5.75 Å². The van der Waals surface area contributed by atoms with Gasteiger partial charge in [0.15, 0.2) is 0 Å². The van der Waals surface area contributed by atoms with E-state index in [4.69, 9.17) is 4.74 Å². The van der Waals surface area contributed by atoms with Crippen molar-refractivity contribution in [1.29, 1.82) is 0 Å². The normalized spacial score (nSPS) is 15.6. The van der Waals surface area contributed by atoms with E-state index in [9.17, 15) is 9.18 Å². The van der Waals surface area contributed by atoms with Crippen LogP contribution in [0, 0.1) is 5.82 Å². The molecule has 0 saturated carbocycles. The number of nitrogens with zero attached hydrogens (tertiary/aromatic N) is 1. The molecule has 4 nitrogen and oxygen atoms in total. The summed E-state index contributed by atoms with van der Waals surface area (Å²) < 4.78 is 18.1. The molecule has 1 aliphatic heterocycles. The summed E-state index contributed by atoms with van der Waals surface area (Å²) in [4.78, 5) is 13.8. The Hall–Kier alpha value is -1.78. The molecule has 110 valence electrons. The summed E-state index contributed by atoms with van der Waals surface area (Å²) in [5.41, 5.74) is 0. The largest absolute Gasteiger partial charge is 0.492 e. The van der Waals surface area contributed by atoms with Gasteiger partial charge >= 0.3 is 6.03 Å². The summed E-state index contributed by atoms with van der Waals surface area (Å²) in [6.07, 6.45) is 4.58. The summed E-state index contributed by atoms with van der Waals surface area (Å²) >= 11 is 0. The van der Waals surface area contributed by atoms with E-state index in [1.54, 1.807) is 12.1 Å². The van der Waals surface area contributed by atoms with Crippen LogP contribution in [0.5, 0.6) is 5.75 Å². The van der Waals surface area contributed by atoms with Crippen LogP contribution in [0.3, 0.4) is 0 Å². The van der Waals surface area contributed by atoms with Crippen LogP contribution >= 0.6 is 0 Å². The lowest BCUT2D eigenvalue weighted by atomic mass is 10.2. The molecule has 1 saturated heterocycles. The highest BCUT2D eigenvalue weighted by Gasteiger charge is 2.14. The minimum Gasteiger partial charge on any atom is -0.492 e. The summed E-state index contributed by atoms with van der Waals surface area (Å²) in [5, 5.41) is 2.85.